The van der Waals surface area contributed by atoms with Crippen molar-refractivity contribution < 1.29 is 0 Å². The van der Waals surface area contributed by atoms with Crippen molar-refractivity contribution in [3.8, 4) is 67.3 Å². The van der Waals surface area contributed by atoms with Crippen LogP contribution in [0.1, 0.15) is 0 Å². The lowest BCUT2D eigenvalue weighted by Crippen LogP contribution is -1.95. The molecule has 0 aliphatic heterocycles. The van der Waals surface area contributed by atoms with E-state index in [1.807, 2.05) is 0 Å². The minimum Gasteiger partial charge on any atom is -0.309 e. The second-order valence-electron chi connectivity index (χ2n) is 24.0. The summed E-state index contributed by atoms with van der Waals surface area (Å²) in [7, 11) is 0. The summed E-state index contributed by atoms with van der Waals surface area (Å²) in [5, 5.41) is 14.9. The molecule has 0 unspecified atom stereocenters. The maximum absolute atomic E-state index is 2.47. The second-order valence-corrected chi connectivity index (χ2v) is 24.0. The zero-order chi connectivity index (χ0) is 59.0. The summed E-state index contributed by atoms with van der Waals surface area (Å²) < 4.78 is 9.74. The highest BCUT2D eigenvalue weighted by Crippen LogP contribution is 2.44. The molecule has 418 valence electrons. The average Bonchev–Trinajstić information content (AvgIpc) is 1.59. The molecule has 15 aromatic carbocycles. The van der Waals surface area contributed by atoms with E-state index >= 15 is 0 Å². The van der Waals surface area contributed by atoms with Crippen LogP contribution in [0.15, 0.2) is 328 Å². The van der Waals surface area contributed by atoms with E-state index in [1.165, 1.54) is 153 Å². The minimum atomic E-state index is 1.14. The van der Waals surface area contributed by atoms with Crippen LogP contribution in [-0.4, -0.2) is 18.3 Å². The highest BCUT2D eigenvalue weighted by molar-refractivity contribution is 6.21. The average molecular weight is 1140 g/mol. The number of rotatable bonds is 8. The smallest absolute Gasteiger partial charge is 0.0548 e. The van der Waals surface area contributed by atoms with Gasteiger partial charge in [0, 0.05) is 65.8 Å². The summed E-state index contributed by atoms with van der Waals surface area (Å²) in [6.07, 6.45) is 0. The van der Waals surface area contributed by atoms with Crippen molar-refractivity contribution in [3.05, 3.63) is 328 Å². The summed E-state index contributed by atoms with van der Waals surface area (Å²) in [6, 6.07) is 121. The minimum absolute atomic E-state index is 1.14. The van der Waals surface area contributed by atoms with Crippen LogP contribution in [0.5, 0.6) is 0 Å². The normalized spacial score (nSPS) is 12.0. The van der Waals surface area contributed by atoms with Crippen molar-refractivity contribution >= 4 is 109 Å². The summed E-state index contributed by atoms with van der Waals surface area (Å²) in [4.78, 5) is 0. The fraction of sp³-hybridized carbons (Fsp3) is 0. The Morgan fingerprint density at radius 1 is 0.144 bits per heavy atom. The molecule has 0 aliphatic rings. The highest BCUT2D eigenvalue weighted by atomic mass is 15.0. The van der Waals surface area contributed by atoms with E-state index in [9.17, 15) is 0 Å². The molecule has 0 bridgehead atoms. The third kappa shape index (κ3) is 7.68. The van der Waals surface area contributed by atoms with Crippen molar-refractivity contribution in [1.29, 1.82) is 0 Å². The molecule has 0 saturated heterocycles. The van der Waals surface area contributed by atoms with Crippen LogP contribution in [0.4, 0.5) is 0 Å². The number of hydrogen-bond acceptors (Lipinski definition) is 0. The fourth-order valence-electron chi connectivity index (χ4n) is 15.0. The molecule has 0 saturated carbocycles. The van der Waals surface area contributed by atoms with E-state index in [-0.39, 0.29) is 0 Å². The van der Waals surface area contributed by atoms with Crippen LogP contribution in [0, 0.1) is 0 Å². The summed E-state index contributed by atoms with van der Waals surface area (Å²) in [5.41, 5.74) is 23.8. The number of benzene rings is 15. The lowest BCUT2D eigenvalue weighted by atomic mass is 9.92. The number of para-hydroxylation sites is 5. The molecule has 0 fully saturated rings. The molecule has 4 aromatic heterocycles. The maximum Gasteiger partial charge on any atom is 0.0548 e. The quantitative estimate of drug-likeness (QED) is 0.135. The van der Waals surface area contributed by atoms with Gasteiger partial charge in [-0.1, -0.05) is 224 Å². The zero-order valence-corrected chi connectivity index (χ0v) is 49.0. The number of aromatic nitrogens is 4. The largest absolute Gasteiger partial charge is 0.309 e. The van der Waals surface area contributed by atoms with E-state index in [1.54, 1.807) is 0 Å². The first-order valence-electron chi connectivity index (χ1n) is 31.1. The Kier molecular flexibility index (Phi) is 11.0. The molecular weight excluding hydrogens is 1090 g/mol. The van der Waals surface area contributed by atoms with E-state index < -0.39 is 0 Å². The molecule has 0 aliphatic carbocycles. The van der Waals surface area contributed by atoms with Gasteiger partial charge in [0.2, 0.25) is 0 Å². The molecule has 0 N–H and O–H groups in total. The lowest BCUT2D eigenvalue weighted by Gasteiger charge is -2.13. The Morgan fingerprint density at radius 2 is 0.478 bits per heavy atom. The second kappa shape index (κ2) is 19.8. The Bertz CT molecular complexity index is 6100. The maximum atomic E-state index is 2.47. The summed E-state index contributed by atoms with van der Waals surface area (Å²) >= 11 is 0. The van der Waals surface area contributed by atoms with Gasteiger partial charge >= 0.3 is 0 Å². The number of hydrogen-bond donors (Lipinski definition) is 0. The van der Waals surface area contributed by atoms with E-state index in [2.05, 4.69) is 346 Å². The van der Waals surface area contributed by atoms with Gasteiger partial charge in [0.15, 0.2) is 0 Å². The van der Waals surface area contributed by atoms with Gasteiger partial charge in [-0.05, 0) is 169 Å². The van der Waals surface area contributed by atoms with Gasteiger partial charge in [-0.25, -0.2) is 0 Å². The fourth-order valence-corrected chi connectivity index (χ4v) is 15.0. The molecule has 19 aromatic rings. The van der Waals surface area contributed by atoms with Crippen LogP contribution >= 0.6 is 0 Å². The van der Waals surface area contributed by atoms with Gasteiger partial charge < -0.3 is 18.3 Å². The first kappa shape index (κ1) is 50.2. The number of nitrogens with zero attached hydrogens (tertiary/aromatic N) is 4. The van der Waals surface area contributed by atoms with Gasteiger partial charge in [0.1, 0.15) is 0 Å². The third-order valence-electron chi connectivity index (χ3n) is 19.1. The summed E-state index contributed by atoms with van der Waals surface area (Å²) in [6.45, 7) is 0. The molecule has 90 heavy (non-hydrogen) atoms. The Labute approximate surface area is 518 Å². The van der Waals surface area contributed by atoms with Crippen molar-refractivity contribution in [1.82, 2.24) is 18.3 Å². The van der Waals surface area contributed by atoms with Gasteiger partial charge in [-0.3, -0.25) is 0 Å². The first-order chi connectivity index (χ1) is 44.6. The standard InChI is InChI=1S/C86H54N4/c1-3-17-55(18-4-1)57-37-42-64(43-38-57)88-81-31-13-9-25-73(81)77-54-86-78(53-85(77)88)74-26-10-14-32-82(74)90(86)66-46-48-68-62(50-66)41-47-70-67(27-16-28-69(68)70)61-20-15-19-60(49-61)59-35-33-56(34-36-59)58-39-44-65(45-40-58)89-80-30-12-8-24-72(80)76-51-83-75(52-84(76)89)71-23-7-11-29-79(71)87(83)63-21-5-2-6-22-63/h1-54H. The zero-order valence-electron chi connectivity index (χ0n) is 49.0. The Balaban J connectivity index is 0.637. The van der Waals surface area contributed by atoms with Crippen molar-refractivity contribution in [2.24, 2.45) is 0 Å². The van der Waals surface area contributed by atoms with E-state index in [4.69, 9.17) is 0 Å². The molecule has 0 spiro atoms. The molecule has 4 heterocycles. The predicted octanol–water partition coefficient (Wildman–Crippen LogP) is 23.0. The monoisotopic (exact) mass is 1140 g/mol. The lowest BCUT2D eigenvalue weighted by molar-refractivity contribution is 1.17. The number of fused-ring (bicyclic) bond motifs is 15. The molecule has 0 amide bonds. The van der Waals surface area contributed by atoms with Crippen LogP contribution in [0.2, 0.25) is 0 Å². The van der Waals surface area contributed by atoms with Gasteiger partial charge in [0.05, 0.1) is 44.1 Å². The van der Waals surface area contributed by atoms with Crippen LogP contribution < -0.4 is 0 Å². The van der Waals surface area contributed by atoms with Crippen molar-refractivity contribution in [2.75, 3.05) is 0 Å². The summed E-state index contributed by atoms with van der Waals surface area (Å²) in [5.74, 6) is 0. The van der Waals surface area contributed by atoms with Crippen LogP contribution in [-0.2, 0) is 0 Å². The highest BCUT2D eigenvalue weighted by Gasteiger charge is 2.22. The SMILES string of the molecule is c1ccc(-c2ccc(-n3c4ccccc4c4cc5c(cc43)c3ccccc3n5-c3ccc4c(ccc5c(-c6cccc(-c7ccc(-c8ccc(-n9c%10ccccc%10c%10cc%11c(cc%109)c9ccccc9n%11-c9ccccc9)cc8)cc7)c6)cccc54)c3)cc2)cc1. The van der Waals surface area contributed by atoms with Gasteiger partial charge in [0.25, 0.3) is 0 Å². The Morgan fingerprint density at radius 3 is 0.967 bits per heavy atom. The van der Waals surface area contributed by atoms with Crippen LogP contribution in [0.3, 0.4) is 0 Å². The first-order valence-corrected chi connectivity index (χ1v) is 31.1. The molecule has 0 atom stereocenters. The molecule has 4 nitrogen and oxygen atoms in total. The molecule has 4 heteroatoms. The van der Waals surface area contributed by atoms with Crippen molar-refractivity contribution in [3.63, 3.8) is 0 Å². The van der Waals surface area contributed by atoms with Crippen LogP contribution in [0.25, 0.3) is 176 Å². The van der Waals surface area contributed by atoms with Gasteiger partial charge in [-0.15, -0.1) is 0 Å². The molecule has 0 radical (unpaired) electrons. The van der Waals surface area contributed by atoms with Crippen molar-refractivity contribution in [2.45, 2.75) is 0 Å². The predicted molar refractivity (Wildman–Crippen MR) is 381 cm³/mol. The third-order valence-corrected chi connectivity index (χ3v) is 19.1. The molecule has 19 rings (SSSR count). The molecular formula is C86H54N4. The van der Waals surface area contributed by atoms with E-state index in [0.717, 1.165) is 22.7 Å². The van der Waals surface area contributed by atoms with Gasteiger partial charge in [-0.2, -0.15) is 0 Å². The topological polar surface area (TPSA) is 19.7 Å². The Hall–Kier alpha value is -12.0. The van der Waals surface area contributed by atoms with E-state index in [0.29, 0.717) is 0 Å².